The van der Waals surface area contributed by atoms with E-state index in [1.165, 1.54) is 6.07 Å². The van der Waals surface area contributed by atoms with Gasteiger partial charge in [0.15, 0.2) is 0 Å². The Bertz CT molecular complexity index is 394. The lowest BCUT2D eigenvalue weighted by molar-refractivity contribution is 0.0165. The van der Waals surface area contributed by atoms with E-state index in [0.29, 0.717) is 12.7 Å². The summed E-state index contributed by atoms with van der Waals surface area (Å²) in [5.41, 5.74) is 0.977. The van der Waals surface area contributed by atoms with E-state index in [9.17, 15) is 4.39 Å². The van der Waals surface area contributed by atoms with Gasteiger partial charge >= 0.3 is 0 Å². The second-order valence-electron chi connectivity index (χ2n) is 5.29. The number of hydrogen-bond acceptors (Lipinski definition) is 3. The third-order valence-electron chi connectivity index (χ3n) is 3.59. The smallest absolute Gasteiger partial charge is 0.123 e. The molecule has 1 aromatic rings. The Morgan fingerprint density at radius 1 is 1.50 bits per heavy atom. The van der Waals surface area contributed by atoms with Gasteiger partial charge in [-0.2, -0.15) is 0 Å². The fourth-order valence-electron chi connectivity index (χ4n) is 2.38. The van der Waals surface area contributed by atoms with Crippen LogP contribution in [0.25, 0.3) is 0 Å². The van der Waals surface area contributed by atoms with Crippen molar-refractivity contribution in [3.63, 3.8) is 0 Å². The topological polar surface area (TPSA) is 30.5 Å². The van der Waals surface area contributed by atoms with Crippen molar-refractivity contribution in [1.29, 1.82) is 0 Å². The van der Waals surface area contributed by atoms with Gasteiger partial charge in [0.25, 0.3) is 0 Å². The van der Waals surface area contributed by atoms with E-state index in [2.05, 4.69) is 5.32 Å². The second kappa shape index (κ2) is 8.35. The molecule has 1 aliphatic rings. The van der Waals surface area contributed by atoms with Crippen molar-refractivity contribution in [3.8, 4) is 0 Å². The largest absolute Gasteiger partial charge is 0.379 e. The summed E-state index contributed by atoms with van der Waals surface area (Å²) < 4.78 is 24.2. The summed E-state index contributed by atoms with van der Waals surface area (Å²) in [7, 11) is 0. The summed E-state index contributed by atoms with van der Waals surface area (Å²) in [4.78, 5) is 0. The van der Waals surface area contributed by atoms with E-state index in [1.54, 1.807) is 12.1 Å². The Labute approximate surface area is 120 Å². The number of rotatable bonds is 8. The number of nitrogens with one attached hydrogen (secondary N) is 1. The third-order valence-corrected chi connectivity index (χ3v) is 3.59. The van der Waals surface area contributed by atoms with Gasteiger partial charge in [0.05, 0.1) is 12.7 Å². The molecule has 0 aliphatic carbocycles. The summed E-state index contributed by atoms with van der Waals surface area (Å²) in [5, 5.41) is 3.38. The van der Waals surface area contributed by atoms with Crippen LogP contribution >= 0.6 is 0 Å². The molecule has 2 rings (SSSR count). The normalized spacial score (nSPS) is 20.2. The Morgan fingerprint density at radius 3 is 3.15 bits per heavy atom. The number of hydrogen-bond donors (Lipinski definition) is 1. The van der Waals surface area contributed by atoms with Gasteiger partial charge in [-0.1, -0.05) is 12.1 Å². The molecule has 0 radical (unpaired) electrons. The number of benzene rings is 1. The summed E-state index contributed by atoms with van der Waals surface area (Å²) in [5.74, 6) is -0.184. The van der Waals surface area contributed by atoms with Crippen LogP contribution in [0.2, 0.25) is 0 Å². The second-order valence-corrected chi connectivity index (χ2v) is 5.29. The van der Waals surface area contributed by atoms with Crippen LogP contribution in [0.1, 0.15) is 37.8 Å². The minimum absolute atomic E-state index is 0.156. The van der Waals surface area contributed by atoms with Crippen molar-refractivity contribution in [3.05, 3.63) is 35.6 Å². The Kier molecular flexibility index (Phi) is 6.43. The van der Waals surface area contributed by atoms with E-state index in [1.807, 2.05) is 13.0 Å². The van der Waals surface area contributed by atoms with Crippen LogP contribution in [-0.4, -0.2) is 32.5 Å². The molecule has 1 heterocycles. The molecule has 3 nitrogen and oxygen atoms in total. The summed E-state index contributed by atoms with van der Waals surface area (Å²) in [6, 6.07) is 6.88. The van der Waals surface area contributed by atoms with Crippen molar-refractivity contribution in [2.24, 2.45) is 0 Å². The first kappa shape index (κ1) is 15.4. The molecule has 2 unspecified atom stereocenters. The highest BCUT2D eigenvalue weighted by atomic mass is 19.1. The van der Waals surface area contributed by atoms with Crippen LogP contribution in [0, 0.1) is 5.82 Å². The molecule has 0 aromatic heterocycles. The quantitative estimate of drug-likeness (QED) is 0.743. The zero-order valence-corrected chi connectivity index (χ0v) is 12.1. The lowest BCUT2D eigenvalue weighted by atomic mass is 10.1. The third kappa shape index (κ3) is 5.19. The minimum Gasteiger partial charge on any atom is -0.379 e. The molecule has 1 aliphatic heterocycles. The van der Waals surface area contributed by atoms with E-state index in [4.69, 9.17) is 9.47 Å². The van der Waals surface area contributed by atoms with Crippen LogP contribution in [0.4, 0.5) is 4.39 Å². The maximum absolute atomic E-state index is 13.1. The molecule has 1 N–H and O–H groups in total. The van der Waals surface area contributed by atoms with E-state index < -0.39 is 0 Å². The zero-order chi connectivity index (χ0) is 14.2. The first-order valence-corrected chi connectivity index (χ1v) is 7.44. The van der Waals surface area contributed by atoms with Crippen molar-refractivity contribution in [2.75, 3.05) is 26.4 Å². The highest BCUT2D eigenvalue weighted by molar-refractivity contribution is 5.19. The predicted octanol–water partition coefficient (Wildman–Crippen LogP) is 3.06. The Balaban J connectivity index is 1.54. The standard InChI is InChI=1S/C16H24FNO2/c1-13(14-5-2-6-15(17)11-14)18-8-4-9-19-12-16-7-3-10-20-16/h2,5-6,11,13,16,18H,3-4,7-10,12H2,1H3. The maximum atomic E-state index is 13.1. The van der Waals surface area contributed by atoms with Crippen LogP contribution in [0.5, 0.6) is 0 Å². The van der Waals surface area contributed by atoms with E-state index in [-0.39, 0.29) is 11.9 Å². The fourth-order valence-corrected chi connectivity index (χ4v) is 2.38. The van der Waals surface area contributed by atoms with Crippen molar-refractivity contribution in [1.82, 2.24) is 5.32 Å². The molecule has 20 heavy (non-hydrogen) atoms. The minimum atomic E-state index is -0.184. The monoisotopic (exact) mass is 281 g/mol. The summed E-state index contributed by atoms with van der Waals surface area (Å²) in [6.45, 7) is 5.23. The molecular formula is C16H24FNO2. The van der Waals surface area contributed by atoms with Crippen molar-refractivity contribution in [2.45, 2.75) is 38.3 Å². The van der Waals surface area contributed by atoms with Gasteiger partial charge in [-0.05, 0) is 50.4 Å². The molecule has 4 heteroatoms. The van der Waals surface area contributed by atoms with Gasteiger partial charge in [-0.3, -0.25) is 0 Å². The van der Waals surface area contributed by atoms with Crippen molar-refractivity contribution >= 4 is 0 Å². The van der Waals surface area contributed by atoms with Gasteiger partial charge in [0.2, 0.25) is 0 Å². The van der Waals surface area contributed by atoms with Gasteiger partial charge in [-0.15, -0.1) is 0 Å². The highest BCUT2D eigenvalue weighted by Crippen LogP contribution is 2.13. The average molecular weight is 281 g/mol. The first-order chi connectivity index (χ1) is 9.75. The van der Waals surface area contributed by atoms with Gasteiger partial charge in [0.1, 0.15) is 5.82 Å². The SMILES string of the molecule is CC(NCCCOCC1CCCO1)c1cccc(F)c1. The summed E-state index contributed by atoms with van der Waals surface area (Å²) >= 11 is 0. The average Bonchev–Trinajstić information content (AvgIpc) is 2.95. The van der Waals surface area contributed by atoms with Crippen LogP contribution in [0.15, 0.2) is 24.3 Å². The summed E-state index contributed by atoms with van der Waals surface area (Å²) in [6.07, 6.45) is 3.52. The molecule has 1 aromatic carbocycles. The Hall–Kier alpha value is -0.970. The molecule has 2 atom stereocenters. The molecule has 0 bridgehead atoms. The molecule has 112 valence electrons. The van der Waals surface area contributed by atoms with Crippen molar-refractivity contribution < 1.29 is 13.9 Å². The molecule has 0 amide bonds. The molecule has 0 spiro atoms. The lowest BCUT2D eigenvalue weighted by Gasteiger charge is -2.15. The molecular weight excluding hydrogens is 257 g/mol. The molecule has 1 fully saturated rings. The fraction of sp³-hybridized carbons (Fsp3) is 0.625. The van der Waals surface area contributed by atoms with Crippen LogP contribution in [0.3, 0.4) is 0 Å². The highest BCUT2D eigenvalue weighted by Gasteiger charge is 2.14. The molecule has 0 saturated carbocycles. The van der Waals surface area contributed by atoms with Crippen LogP contribution in [-0.2, 0) is 9.47 Å². The Morgan fingerprint density at radius 2 is 2.40 bits per heavy atom. The zero-order valence-electron chi connectivity index (χ0n) is 12.1. The van der Waals surface area contributed by atoms with Gasteiger partial charge in [0, 0.05) is 19.3 Å². The van der Waals surface area contributed by atoms with Crippen LogP contribution < -0.4 is 5.32 Å². The maximum Gasteiger partial charge on any atom is 0.123 e. The van der Waals surface area contributed by atoms with Gasteiger partial charge < -0.3 is 14.8 Å². The first-order valence-electron chi connectivity index (χ1n) is 7.44. The number of halogens is 1. The lowest BCUT2D eigenvalue weighted by Crippen LogP contribution is -2.22. The molecule has 1 saturated heterocycles. The van der Waals surface area contributed by atoms with Gasteiger partial charge in [-0.25, -0.2) is 4.39 Å². The number of ether oxygens (including phenoxy) is 2. The van der Waals surface area contributed by atoms with E-state index in [0.717, 1.165) is 44.6 Å². The van der Waals surface area contributed by atoms with E-state index >= 15 is 0 Å². The predicted molar refractivity (Wildman–Crippen MR) is 77.2 cm³/mol.